The van der Waals surface area contributed by atoms with Crippen molar-refractivity contribution < 1.29 is 9.53 Å². The number of carbonyl (C=O) groups is 1. The zero-order valence-corrected chi connectivity index (χ0v) is 13.3. The van der Waals surface area contributed by atoms with Gasteiger partial charge in [0.15, 0.2) is 0 Å². The van der Waals surface area contributed by atoms with Crippen molar-refractivity contribution in [2.45, 2.75) is 52.7 Å². The first-order valence-electron chi connectivity index (χ1n) is 6.88. The van der Waals surface area contributed by atoms with Crippen LogP contribution >= 0.6 is 0 Å². The topological polar surface area (TPSA) is 77.2 Å². The molecular weight excluding hydrogens is 266 g/mol. The Morgan fingerprint density at radius 2 is 2.19 bits per heavy atom. The molecule has 0 aliphatic heterocycles. The van der Waals surface area contributed by atoms with E-state index in [0.717, 1.165) is 11.1 Å². The molecule has 1 rings (SSSR count). The predicted molar refractivity (Wildman–Crippen MR) is 83.7 cm³/mol. The zero-order valence-electron chi connectivity index (χ0n) is 13.3. The van der Waals surface area contributed by atoms with E-state index in [1.165, 1.54) is 0 Å². The molecule has 0 saturated carbocycles. The highest BCUT2D eigenvalue weighted by Crippen LogP contribution is 2.08. The number of nitrogens with zero attached hydrogens (tertiary/aromatic N) is 1. The van der Waals surface area contributed by atoms with Gasteiger partial charge in [0.05, 0.1) is 0 Å². The third-order valence-corrected chi connectivity index (χ3v) is 2.52. The molecule has 0 radical (unpaired) electrons. The van der Waals surface area contributed by atoms with Crippen LogP contribution in [0.2, 0.25) is 0 Å². The standard InChI is InChI=1S/C16H23N3O2/c1-11-9-13(10-18-14(11)17)8-6-7-12(2)19-15(20)21-16(3,4)5/h9-10,12H,7H2,1-5H3,(H2,17,18)(H,19,20)/t12-/m0/s1. The van der Waals surface area contributed by atoms with Gasteiger partial charge >= 0.3 is 6.09 Å². The van der Waals surface area contributed by atoms with Crippen LogP contribution < -0.4 is 11.1 Å². The maximum Gasteiger partial charge on any atom is 0.407 e. The maximum absolute atomic E-state index is 11.6. The van der Waals surface area contributed by atoms with E-state index in [2.05, 4.69) is 22.1 Å². The Kier molecular flexibility index (Phi) is 5.60. The molecule has 1 amide bonds. The number of nitrogens with two attached hydrogens (primary N) is 1. The number of hydrogen-bond donors (Lipinski definition) is 2. The third-order valence-electron chi connectivity index (χ3n) is 2.52. The SMILES string of the molecule is Cc1cc(C#CC[C@H](C)NC(=O)OC(C)(C)C)cnc1N. The second kappa shape index (κ2) is 6.98. The van der Waals surface area contributed by atoms with Gasteiger partial charge in [0, 0.05) is 24.2 Å². The Morgan fingerprint density at radius 3 is 2.76 bits per heavy atom. The molecule has 5 heteroatoms. The van der Waals surface area contributed by atoms with Crippen LogP contribution in [0, 0.1) is 18.8 Å². The molecule has 0 bridgehead atoms. The van der Waals surface area contributed by atoms with E-state index in [1.807, 2.05) is 40.7 Å². The summed E-state index contributed by atoms with van der Waals surface area (Å²) in [5.41, 5.74) is 6.87. The summed E-state index contributed by atoms with van der Waals surface area (Å²) in [6, 6.07) is 1.80. The number of aromatic nitrogens is 1. The maximum atomic E-state index is 11.6. The van der Waals surface area contributed by atoms with E-state index in [4.69, 9.17) is 10.5 Å². The van der Waals surface area contributed by atoms with Gasteiger partial charge in [-0.3, -0.25) is 0 Å². The third kappa shape index (κ3) is 6.66. The van der Waals surface area contributed by atoms with Gasteiger partial charge in [-0.2, -0.15) is 0 Å². The van der Waals surface area contributed by atoms with Crippen molar-refractivity contribution >= 4 is 11.9 Å². The van der Waals surface area contributed by atoms with Gasteiger partial charge in [0.2, 0.25) is 0 Å². The minimum absolute atomic E-state index is 0.0878. The van der Waals surface area contributed by atoms with Crippen LogP contribution in [0.25, 0.3) is 0 Å². The quantitative estimate of drug-likeness (QED) is 0.820. The van der Waals surface area contributed by atoms with Gasteiger partial charge in [-0.05, 0) is 46.2 Å². The molecule has 0 spiro atoms. The van der Waals surface area contributed by atoms with Gasteiger partial charge in [-0.1, -0.05) is 11.8 Å². The van der Waals surface area contributed by atoms with Crippen molar-refractivity contribution in [3.8, 4) is 11.8 Å². The summed E-state index contributed by atoms with van der Waals surface area (Å²) in [4.78, 5) is 15.6. The van der Waals surface area contributed by atoms with Gasteiger partial charge in [0.1, 0.15) is 11.4 Å². The number of aryl methyl sites for hydroxylation is 1. The molecule has 3 N–H and O–H groups in total. The predicted octanol–water partition coefficient (Wildman–Crippen LogP) is 2.63. The van der Waals surface area contributed by atoms with Crippen molar-refractivity contribution in [3.63, 3.8) is 0 Å². The highest BCUT2D eigenvalue weighted by Gasteiger charge is 2.17. The molecule has 0 aromatic carbocycles. The Balaban J connectivity index is 2.50. The first-order chi connectivity index (χ1) is 9.67. The molecule has 21 heavy (non-hydrogen) atoms. The summed E-state index contributed by atoms with van der Waals surface area (Å²) in [6.45, 7) is 9.25. The van der Waals surface area contributed by atoms with Crippen LogP contribution in [0.5, 0.6) is 0 Å². The lowest BCUT2D eigenvalue weighted by Crippen LogP contribution is -2.37. The van der Waals surface area contributed by atoms with E-state index < -0.39 is 11.7 Å². The monoisotopic (exact) mass is 289 g/mol. The van der Waals surface area contributed by atoms with E-state index >= 15 is 0 Å². The molecule has 0 fully saturated rings. The van der Waals surface area contributed by atoms with Crippen molar-refractivity contribution in [3.05, 3.63) is 23.4 Å². The highest BCUT2D eigenvalue weighted by atomic mass is 16.6. The largest absolute Gasteiger partial charge is 0.444 e. The number of amides is 1. The lowest BCUT2D eigenvalue weighted by molar-refractivity contribution is 0.0509. The highest BCUT2D eigenvalue weighted by molar-refractivity contribution is 5.68. The number of carbonyl (C=O) groups excluding carboxylic acids is 1. The molecule has 114 valence electrons. The average Bonchev–Trinajstić information content (AvgIpc) is 2.31. The van der Waals surface area contributed by atoms with Gasteiger partial charge in [-0.25, -0.2) is 9.78 Å². The van der Waals surface area contributed by atoms with E-state index in [0.29, 0.717) is 12.2 Å². The number of rotatable bonds is 2. The Labute approximate surface area is 126 Å². The Hall–Kier alpha value is -2.22. The first kappa shape index (κ1) is 16.8. The number of ether oxygens (including phenoxy) is 1. The molecule has 0 saturated heterocycles. The molecule has 0 aliphatic rings. The molecular formula is C16H23N3O2. The molecule has 0 unspecified atom stereocenters. The average molecular weight is 289 g/mol. The second-order valence-corrected chi connectivity index (χ2v) is 5.98. The van der Waals surface area contributed by atoms with Gasteiger partial charge in [-0.15, -0.1) is 0 Å². The van der Waals surface area contributed by atoms with Crippen molar-refractivity contribution in [2.75, 3.05) is 5.73 Å². The number of nitrogens with one attached hydrogen (secondary N) is 1. The minimum atomic E-state index is -0.497. The lowest BCUT2D eigenvalue weighted by atomic mass is 10.2. The van der Waals surface area contributed by atoms with E-state index in [9.17, 15) is 4.79 Å². The summed E-state index contributed by atoms with van der Waals surface area (Å²) < 4.78 is 5.18. The number of nitrogen functional groups attached to an aromatic ring is 1. The molecule has 1 aromatic rings. The summed E-state index contributed by atoms with van der Waals surface area (Å²) in [5.74, 6) is 6.53. The molecule has 0 aliphatic carbocycles. The lowest BCUT2D eigenvalue weighted by Gasteiger charge is -2.21. The number of hydrogen-bond acceptors (Lipinski definition) is 4. The van der Waals surface area contributed by atoms with Crippen LogP contribution in [0.1, 0.15) is 45.2 Å². The number of pyridine rings is 1. The Bertz CT molecular complexity index is 565. The smallest absolute Gasteiger partial charge is 0.407 e. The number of anilines is 1. The van der Waals surface area contributed by atoms with Crippen LogP contribution in [0.15, 0.2) is 12.3 Å². The first-order valence-corrected chi connectivity index (χ1v) is 6.88. The zero-order chi connectivity index (χ0) is 16.0. The Morgan fingerprint density at radius 1 is 1.52 bits per heavy atom. The second-order valence-electron chi connectivity index (χ2n) is 5.98. The summed E-state index contributed by atoms with van der Waals surface area (Å²) >= 11 is 0. The normalized spacial score (nSPS) is 12.0. The molecule has 1 atom stereocenters. The fraction of sp³-hybridized carbons (Fsp3) is 0.500. The minimum Gasteiger partial charge on any atom is -0.444 e. The molecule has 1 heterocycles. The van der Waals surface area contributed by atoms with Crippen LogP contribution in [0.3, 0.4) is 0 Å². The van der Waals surface area contributed by atoms with Crippen LogP contribution in [-0.4, -0.2) is 22.7 Å². The fourth-order valence-corrected chi connectivity index (χ4v) is 1.52. The van der Waals surface area contributed by atoms with Crippen molar-refractivity contribution in [1.29, 1.82) is 0 Å². The fourth-order valence-electron chi connectivity index (χ4n) is 1.52. The number of alkyl carbamates (subject to hydrolysis) is 1. The van der Waals surface area contributed by atoms with Crippen LogP contribution in [-0.2, 0) is 4.74 Å². The van der Waals surface area contributed by atoms with Gasteiger partial charge < -0.3 is 15.8 Å². The summed E-state index contributed by atoms with van der Waals surface area (Å²) in [6.07, 6.45) is 1.74. The van der Waals surface area contributed by atoms with Crippen molar-refractivity contribution in [2.24, 2.45) is 0 Å². The molecule has 1 aromatic heterocycles. The van der Waals surface area contributed by atoms with Crippen molar-refractivity contribution in [1.82, 2.24) is 10.3 Å². The van der Waals surface area contributed by atoms with E-state index in [1.54, 1.807) is 6.20 Å². The van der Waals surface area contributed by atoms with Crippen LogP contribution in [0.4, 0.5) is 10.6 Å². The van der Waals surface area contributed by atoms with E-state index in [-0.39, 0.29) is 6.04 Å². The summed E-state index contributed by atoms with van der Waals surface area (Å²) in [5, 5.41) is 2.74. The van der Waals surface area contributed by atoms with Gasteiger partial charge in [0.25, 0.3) is 0 Å². The summed E-state index contributed by atoms with van der Waals surface area (Å²) in [7, 11) is 0. The molecule has 5 nitrogen and oxygen atoms in total.